The summed E-state index contributed by atoms with van der Waals surface area (Å²) >= 11 is 1.31. The van der Waals surface area contributed by atoms with Crippen LogP contribution in [0.2, 0.25) is 0 Å². The van der Waals surface area contributed by atoms with Gasteiger partial charge in [0.05, 0.1) is 10.3 Å². The maximum absolute atomic E-state index is 12.7. The summed E-state index contributed by atoms with van der Waals surface area (Å²) in [5.41, 5.74) is 1.88. The van der Waals surface area contributed by atoms with E-state index in [9.17, 15) is 13.2 Å². The average Bonchev–Trinajstić information content (AvgIpc) is 2.60. The molecule has 1 heterocycles. The number of carbonyl (C=O) groups is 1. The van der Waals surface area contributed by atoms with Crippen LogP contribution in [0.5, 0.6) is 0 Å². The standard InChI is InChI=1S/C20H26N2O3S2/c1-14(19(23)15-7-9-16(10-8-15)20(2,3)4)26-18-12-11-17(13-21-18)27(24,25)22(5)6/h7-14H,1-6H3. The number of carbonyl (C=O) groups excluding carboxylic acids is 1. The first-order chi connectivity index (χ1) is 12.4. The highest BCUT2D eigenvalue weighted by Gasteiger charge is 2.21. The molecule has 7 heteroatoms. The fourth-order valence-corrected chi connectivity index (χ4v) is 4.12. The third kappa shape index (κ3) is 5.18. The quantitative estimate of drug-likeness (QED) is 0.536. The monoisotopic (exact) mass is 406 g/mol. The highest BCUT2D eigenvalue weighted by Crippen LogP contribution is 2.27. The summed E-state index contributed by atoms with van der Waals surface area (Å²) in [6, 6.07) is 10.8. The molecule has 0 N–H and O–H groups in total. The molecule has 1 atom stereocenters. The van der Waals surface area contributed by atoms with Gasteiger partial charge in [-0.3, -0.25) is 4.79 Å². The number of nitrogens with zero attached hydrogens (tertiary/aromatic N) is 2. The Hall–Kier alpha value is -1.70. The zero-order valence-corrected chi connectivity index (χ0v) is 18.2. The van der Waals surface area contributed by atoms with E-state index in [-0.39, 0.29) is 21.3 Å². The van der Waals surface area contributed by atoms with E-state index in [1.165, 1.54) is 43.7 Å². The molecule has 1 unspecified atom stereocenters. The van der Waals surface area contributed by atoms with Gasteiger partial charge in [-0.1, -0.05) is 56.8 Å². The first kappa shape index (κ1) is 21.6. The van der Waals surface area contributed by atoms with Crippen LogP contribution in [-0.4, -0.2) is 42.8 Å². The largest absolute Gasteiger partial charge is 0.293 e. The van der Waals surface area contributed by atoms with E-state index in [0.717, 1.165) is 4.31 Å². The molecule has 146 valence electrons. The van der Waals surface area contributed by atoms with Gasteiger partial charge < -0.3 is 0 Å². The molecule has 0 aliphatic rings. The average molecular weight is 407 g/mol. The molecule has 5 nitrogen and oxygen atoms in total. The van der Waals surface area contributed by atoms with Gasteiger partial charge in [-0.25, -0.2) is 17.7 Å². The van der Waals surface area contributed by atoms with Crippen LogP contribution in [0.1, 0.15) is 43.6 Å². The summed E-state index contributed by atoms with van der Waals surface area (Å²) in [5.74, 6) is 0.0206. The fraction of sp³-hybridized carbons (Fsp3) is 0.400. The molecule has 0 aliphatic carbocycles. The molecule has 2 aromatic rings. The van der Waals surface area contributed by atoms with Crippen molar-refractivity contribution in [2.24, 2.45) is 0 Å². The number of thioether (sulfide) groups is 1. The van der Waals surface area contributed by atoms with Crippen LogP contribution in [0, 0.1) is 0 Å². The maximum atomic E-state index is 12.7. The summed E-state index contributed by atoms with van der Waals surface area (Å²) in [6.45, 7) is 8.23. The van der Waals surface area contributed by atoms with Gasteiger partial charge in [-0.05, 0) is 30.0 Å². The highest BCUT2D eigenvalue weighted by molar-refractivity contribution is 8.00. The fourth-order valence-electron chi connectivity index (χ4n) is 2.40. The molecule has 0 fully saturated rings. The second kappa shape index (κ2) is 8.12. The number of sulfonamides is 1. The van der Waals surface area contributed by atoms with Gasteiger partial charge in [0.2, 0.25) is 10.0 Å². The first-order valence-electron chi connectivity index (χ1n) is 8.63. The van der Waals surface area contributed by atoms with Crippen molar-refractivity contribution in [2.45, 2.75) is 48.3 Å². The molecule has 0 radical (unpaired) electrons. The van der Waals surface area contributed by atoms with Crippen LogP contribution in [0.4, 0.5) is 0 Å². The minimum absolute atomic E-state index is 0.0206. The normalized spacial score (nSPS) is 13.6. The summed E-state index contributed by atoms with van der Waals surface area (Å²) in [5, 5.41) is 0.286. The number of hydrogen-bond acceptors (Lipinski definition) is 5. The molecule has 0 amide bonds. The van der Waals surface area contributed by atoms with Crippen molar-refractivity contribution < 1.29 is 13.2 Å². The molecule has 0 saturated heterocycles. The molecule has 1 aromatic carbocycles. The van der Waals surface area contributed by atoms with Crippen molar-refractivity contribution in [3.63, 3.8) is 0 Å². The Morgan fingerprint density at radius 1 is 1.07 bits per heavy atom. The van der Waals surface area contributed by atoms with Crippen LogP contribution in [0.3, 0.4) is 0 Å². The zero-order chi connectivity index (χ0) is 20.4. The Morgan fingerprint density at radius 3 is 2.11 bits per heavy atom. The first-order valence-corrected chi connectivity index (χ1v) is 10.9. The number of hydrogen-bond donors (Lipinski definition) is 0. The number of pyridine rings is 1. The lowest BCUT2D eigenvalue weighted by molar-refractivity contribution is 0.0994. The van der Waals surface area contributed by atoms with E-state index in [1.54, 1.807) is 6.07 Å². The van der Waals surface area contributed by atoms with E-state index in [2.05, 4.69) is 25.8 Å². The van der Waals surface area contributed by atoms with Gasteiger partial charge in [0.15, 0.2) is 5.78 Å². The van der Waals surface area contributed by atoms with E-state index < -0.39 is 10.0 Å². The molecular weight excluding hydrogens is 380 g/mol. The molecular formula is C20H26N2O3S2. The Morgan fingerprint density at radius 2 is 1.67 bits per heavy atom. The molecule has 0 saturated carbocycles. The van der Waals surface area contributed by atoms with Gasteiger partial charge in [-0.2, -0.15) is 0 Å². The Labute approximate surface area is 166 Å². The van der Waals surface area contributed by atoms with E-state index in [4.69, 9.17) is 0 Å². The van der Waals surface area contributed by atoms with Crippen molar-refractivity contribution in [1.82, 2.24) is 9.29 Å². The number of ketones is 1. The molecule has 2 rings (SSSR count). The number of benzene rings is 1. The highest BCUT2D eigenvalue weighted by atomic mass is 32.2. The predicted molar refractivity (Wildman–Crippen MR) is 110 cm³/mol. The predicted octanol–water partition coefficient (Wildman–Crippen LogP) is 3.99. The number of rotatable bonds is 6. The van der Waals surface area contributed by atoms with E-state index >= 15 is 0 Å². The maximum Gasteiger partial charge on any atom is 0.244 e. The topological polar surface area (TPSA) is 67.3 Å². The van der Waals surface area contributed by atoms with Crippen LogP contribution < -0.4 is 0 Å². The van der Waals surface area contributed by atoms with Crippen molar-refractivity contribution in [3.05, 3.63) is 53.7 Å². The van der Waals surface area contributed by atoms with Crippen molar-refractivity contribution in [1.29, 1.82) is 0 Å². The molecule has 0 aliphatic heterocycles. The molecule has 1 aromatic heterocycles. The SMILES string of the molecule is CC(Sc1ccc(S(=O)(=O)N(C)C)cn1)C(=O)c1ccc(C(C)(C)C)cc1. The van der Waals surface area contributed by atoms with Gasteiger partial charge in [0.1, 0.15) is 4.90 Å². The van der Waals surface area contributed by atoms with Crippen LogP contribution >= 0.6 is 11.8 Å². The lowest BCUT2D eigenvalue weighted by atomic mass is 9.86. The summed E-state index contributed by atoms with van der Waals surface area (Å²) in [4.78, 5) is 17.0. The van der Waals surface area contributed by atoms with E-state index in [1.807, 2.05) is 31.2 Å². The number of aromatic nitrogens is 1. The molecule has 0 spiro atoms. The van der Waals surface area contributed by atoms with Crippen LogP contribution in [0.25, 0.3) is 0 Å². The summed E-state index contributed by atoms with van der Waals surface area (Å²) in [7, 11) is -0.551. The Bertz CT molecular complexity index is 898. The van der Waals surface area contributed by atoms with Gasteiger partial charge in [-0.15, -0.1) is 0 Å². The van der Waals surface area contributed by atoms with E-state index in [0.29, 0.717) is 10.6 Å². The van der Waals surface area contributed by atoms with Crippen LogP contribution in [-0.2, 0) is 15.4 Å². The van der Waals surface area contributed by atoms with Gasteiger partial charge in [0, 0.05) is 25.9 Å². The van der Waals surface area contributed by atoms with Gasteiger partial charge >= 0.3 is 0 Å². The lowest BCUT2D eigenvalue weighted by Crippen LogP contribution is -2.22. The minimum atomic E-state index is -3.50. The van der Waals surface area contributed by atoms with Crippen LogP contribution in [0.15, 0.2) is 52.5 Å². The summed E-state index contributed by atoms with van der Waals surface area (Å²) < 4.78 is 25.3. The van der Waals surface area contributed by atoms with Gasteiger partial charge in [0.25, 0.3) is 0 Å². The Kier molecular flexibility index (Phi) is 6.50. The third-order valence-corrected chi connectivity index (χ3v) is 7.04. The zero-order valence-electron chi connectivity index (χ0n) is 16.6. The van der Waals surface area contributed by atoms with Crippen molar-refractivity contribution >= 4 is 27.6 Å². The second-order valence-electron chi connectivity index (χ2n) is 7.57. The smallest absolute Gasteiger partial charge is 0.244 e. The molecule has 27 heavy (non-hydrogen) atoms. The molecule has 0 bridgehead atoms. The number of Topliss-reactive ketones (excluding diaryl/α,β-unsaturated/α-hetero) is 1. The summed E-state index contributed by atoms with van der Waals surface area (Å²) in [6.07, 6.45) is 1.33. The van der Waals surface area contributed by atoms with Crippen molar-refractivity contribution in [3.8, 4) is 0 Å². The van der Waals surface area contributed by atoms with Crippen molar-refractivity contribution in [2.75, 3.05) is 14.1 Å². The lowest BCUT2D eigenvalue weighted by Gasteiger charge is -2.19. The minimum Gasteiger partial charge on any atom is -0.293 e. The second-order valence-corrected chi connectivity index (χ2v) is 11.1. The third-order valence-electron chi connectivity index (χ3n) is 4.19. The Balaban J connectivity index is 2.10.